The zero-order valence-electron chi connectivity index (χ0n) is 8.05. The highest BCUT2D eigenvalue weighted by molar-refractivity contribution is 4.83. The maximum Gasteiger partial charge on any atom is 0.00982 e. The summed E-state index contributed by atoms with van der Waals surface area (Å²) in [6.45, 7) is 2.45. The average Bonchev–Trinajstić information content (AvgIpc) is 1.98. The van der Waals surface area contributed by atoms with Gasteiger partial charge in [-0.25, -0.2) is 0 Å². The van der Waals surface area contributed by atoms with E-state index < -0.39 is 0 Å². The fourth-order valence-corrected chi connectivity index (χ4v) is 1.66. The van der Waals surface area contributed by atoms with E-state index in [2.05, 4.69) is 17.9 Å². The Morgan fingerprint density at radius 3 is 2.75 bits per heavy atom. The number of rotatable bonds is 5. The molecule has 0 spiro atoms. The van der Waals surface area contributed by atoms with Crippen molar-refractivity contribution >= 4 is 0 Å². The van der Waals surface area contributed by atoms with Crippen molar-refractivity contribution in [3.8, 4) is 12.3 Å². The molecule has 0 heterocycles. The lowest BCUT2D eigenvalue weighted by Gasteiger charge is -2.29. The zero-order valence-corrected chi connectivity index (χ0v) is 8.05. The molecule has 0 radical (unpaired) electrons. The number of nitrogens with zero attached hydrogens (tertiary/aromatic N) is 1. The predicted octanol–water partition coefficient (Wildman–Crippen LogP) is 2.13. The molecule has 0 aromatic rings. The van der Waals surface area contributed by atoms with Gasteiger partial charge in [0.05, 0.1) is 0 Å². The van der Waals surface area contributed by atoms with Crippen LogP contribution in [0.1, 0.15) is 32.1 Å². The molecule has 1 aliphatic carbocycles. The summed E-state index contributed by atoms with van der Waals surface area (Å²) in [5.41, 5.74) is 0. The Balaban J connectivity index is 1.96. The van der Waals surface area contributed by atoms with Crippen LogP contribution in [-0.4, -0.2) is 25.0 Å². The van der Waals surface area contributed by atoms with Crippen LogP contribution < -0.4 is 0 Å². The van der Waals surface area contributed by atoms with Crippen molar-refractivity contribution < 1.29 is 0 Å². The molecule has 12 heavy (non-hydrogen) atoms. The van der Waals surface area contributed by atoms with E-state index in [0.29, 0.717) is 0 Å². The van der Waals surface area contributed by atoms with E-state index in [-0.39, 0.29) is 0 Å². The summed E-state index contributed by atoms with van der Waals surface area (Å²) < 4.78 is 0. The minimum Gasteiger partial charge on any atom is -0.306 e. The number of hydrogen-bond donors (Lipinski definition) is 0. The van der Waals surface area contributed by atoms with Crippen molar-refractivity contribution in [1.29, 1.82) is 0 Å². The first-order valence-electron chi connectivity index (χ1n) is 4.95. The lowest BCUT2D eigenvalue weighted by molar-refractivity contribution is 0.204. The highest BCUT2D eigenvalue weighted by atomic mass is 15.1. The molecule has 0 aromatic carbocycles. The summed E-state index contributed by atoms with van der Waals surface area (Å²) >= 11 is 0. The fraction of sp³-hybridized carbons (Fsp3) is 0.818. The first-order valence-corrected chi connectivity index (χ1v) is 4.95. The summed E-state index contributed by atoms with van der Waals surface area (Å²) in [6.07, 6.45) is 11.6. The van der Waals surface area contributed by atoms with E-state index >= 15 is 0 Å². The molecule has 0 amide bonds. The maximum atomic E-state index is 5.18. The summed E-state index contributed by atoms with van der Waals surface area (Å²) in [4.78, 5) is 2.42. The van der Waals surface area contributed by atoms with Crippen LogP contribution in [0, 0.1) is 18.3 Å². The van der Waals surface area contributed by atoms with E-state index in [1.807, 2.05) is 0 Å². The van der Waals surface area contributed by atoms with Crippen molar-refractivity contribution in [3.63, 3.8) is 0 Å². The monoisotopic (exact) mass is 165 g/mol. The third-order valence-corrected chi connectivity index (χ3v) is 2.66. The van der Waals surface area contributed by atoms with Crippen LogP contribution in [0.2, 0.25) is 0 Å². The highest BCUT2D eigenvalue weighted by Gasteiger charge is 2.18. The molecular weight excluding hydrogens is 146 g/mol. The van der Waals surface area contributed by atoms with Crippen LogP contribution in [-0.2, 0) is 0 Å². The Morgan fingerprint density at radius 1 is 1.50 bits per heavy atom. The Morgan fingerprint density at radius 2 is 2.25 bits per heavy atom. The second-order valence-electron chi connectivity index (χ2n) is 3.87. The molecular formula is C11H19N. The molecule has 0 N–H and O–H groups in total. The topological polar surface area (TPSA) is 3.24 Å². The second-order valence-corrected chi connectivity index (χ2v) is 3.87. The smallest absolute Gasteiger partial charge is 0.00982 e. The van der Waals surface area contributed by atoms with Crippen molar-refractivity contribution in [2.45, 2.75) is 32.1 Å². The summed E-state index contributed by atoms with van der Waals surface area (Å²) in [5.74, 6) is 3.66. The Hall–Kier alpha value is -0.480. The van der Waals surface area contributed by atoms with E-state index in [1.165, 1.54) is 32.4 Å². The first-order chi connectivity index (χ1) is 5.83. The number of hydrogen-bond acceptors (Lipinski definition) is 1. The van der Waals surface area contributed by atoms with Gasteiger partial charge in [0.1, 0.15) is 0 Å². The third-order valence-electron chi connectivity index (χ3n) is 2.66. The minimum absolute atomic E-state index is 0.926. The van der Waals surface area contributed by atoms with Crippen LogP contribution in [0.5, 0.6) is 0 Å². The molecule has 1 aliphatic rings. The minimum atomic E-state index is 0.926. The molecule has 68 valence electrons. The van der Waals surface area contributed by atoms with Crippen LogP contribution in [0.3, 0.4) is 0 Å². The van der Waals surface area contributed by atoms with Gasteiger partial charge < -0.3 is 4.90 Å². The van der Waals surface area contributed by atoms with E-state index in [1.54, 1.807) is 0 Å². The lowest BCUT2D eigenvalue weighted by Crippen LogP contribution is -2.30. The Labute approximate surface area is 76.1 Å². The van der Waals surface area contributed by atoms with Gasteiger partial charge in [-0.2, -0.15) is 0 Å². The van der Waals surface area contributed by atoms with Gasteiger partial charge in [0.25, 0.3) is 0 Å². The molecule has 1 nitrogen and oxygen atoms in total. The molecule has 0 bridgehead atoms. The van der Waals surface area contributed by atoms with Gasteiger partial charge in [0.15, 0.2) is 0 Å². The number of unbranched alkanes of at least 4 members (excludes halogenated alkanes) is 1. The van der Waals surface area contributed by atoms with Crippen molar-refractivity contribution in [2.24, 2.45) is 5.92 Å². The predicted molar refractivity (Wildman–Crippen MR) is 52.9 cm³/mol. The maximum absolute atomic E-state index is 5.18. The standard InChI is InChI=1S/C11H19N/c1-3-4-5-9-12(2)10-11-7-6-8-11/h1,11H,4-10H2,2H3. The molecule has 1 saturated carbocycles. The zero-order chi connectivity index (χ0) is 8.81. The Bertz CT molecular complexity index is 153. The van der Waals surface area contributed by atoms with Gasteiger partial charge in [-0.3, -0.25) is 0 Å². The van der Waals surface area contributed by atoms with Crippen molar-refractivity contribution in [2.75, 3.05) is 20.1 Å². The van der Waals surface area contributed by atoms with Crippen molar-refractivity contribution in [3.05, 3.63) is 0 Å². The SMILES string of the molecule is C#CCCCN(C)CC1CCC1. The van der Waals surface area contributed by atoms with Crippen LogP contribution in [0.4, 0.5) is 0 Å². The van der Waals surface area contributed by atoms with E-state index in [9.17, 15) is 0 Å². The largest absolute Gasteiger partial charge is 0.306 e. The number of terminal acetylenes is 1. The summed E-state index contributed by atoms with van der Waals surface area (Å²) in [5, 5.41) is 0. The van der Waals surface area contributed by atoms with Gasteiger partial charge in [0, 0.05) is 13.0 Å². The van der Waals surface area contributed by atoms with Crippen molar-refractivity contribution in [1.82, 2.24) is 4.90 Å². The first kappa shape index (κ1) is 9.61. The van der Waals surface area contributed by atoms with E-state index in [0.717, 1.165) is 18.8 Å². The summed E-state index contributed by atoms with van der Waals surface area (Å²) in [7, 11) is 2.20. The third kappa shape index (κ3) is 3.28. The van der Waals surface area contributed by atoms with Gasteiger partial charge >= 0.3 is 0 Å². The average molecular weight is 165 g/mol. The quantitative estimate of drug-likeness (QED) is 0.445. The molecule has 1 fully saturated rings. The van der Waals surface area contributed by atoms with Gasteiger partial charge in [-0.05, 0) is 38.8 Å². The summed E-state index contributed by atoms with van der Waals surface area (Å²) in [6, 6.07) is 0. The molecule has 0 atom stereocenters. The normalized spacial score (nSPS) is 17.4. The Kier molecular flexibility index (Phi) is 4.18. The van der Waals surface area contributed by atoms with E-state index in [4.69, 9.17) is 6.42 Å². The van der Waals surface area contributed by atoms with Crippen LogP contribution in [0.15, 0.2) is 0 Å². The lowest BCUT2D eigenvalue weighted by atomic mass is 9.85. The molecule has 0 aliphatic heterocycles. The molecule has 0 aromatic heterocycles. The van der Waals surface area contributed by atoms with Gasteiger partial charge in [-0.1, -0.05) is 6.42 Å². The fourth-order valence-electron chi connectivity index (χ4n) is 1.66. The molecule has 0 unspecified atom stereocenters. The highest BCUT2D eigenvalue weighted by Crippen LogP contribution is 2.26. The van der Waals surface area contributed by atoms with Crippen LogP contribution in [0.25, 0.3) is 0 Å². The molecule has 1 rings (SSSR count). The van der Waals surface area contributed by atoms with Crippen LogP contribution >= 0.6 is 0 Å². The molecule has 0 saturated heterocycles. The van der Waals surface area contributed by atoms with Gasteiger partial charge in [-0.15, -0.1) is 12.3 Å². The second kappa shape index (κ2) is 5.22. The molecule has 1 heteroatoms. The van der Waals surface area contributed by atoms with Gasteiger partial charge in [0.2, 0.25) is 0 Å².